The Hall–Kier alpha value is -3.12. The van der Waals surface area contributed by atoms with Crippen LogP contribution in [0.2, 0.25) is 0 Å². The number of halogens is 1. The Balaban J connectivity index is 0.00000104. The van der Waals surface area contributed by atoms with Crippen LogP contribution in [0.3, 0.4) is 0 Å². The van der Waals surface area contributed by atoms with Crippen LogP contribution in [0, 0.1) is 11.3 Å². The van der Waals surface area contributed by atoms with Crippen molar-refractivity contribution in [3.05, 3.63) is 47.1 Å². The molecule has 21 heteroatoms. The second kappa shape index (κ2) is 49.4. The second-order valence-electron chi connectivity index (χ2n) is 26.2. The molecule has 0 aromatic heterocycles. The molecule has 4 N–H and O–H groups in total. The number of ether oxygens (including phenoxy) is 3. The minimum Gasteiger partial charge on any atom is -0.463 e. The van der Waals surface area contributed by atoms with Gasteiger partial charge in [0, 0.05) is 73.8 Å². The zero-order valence-corrected chi connectivity index (χ0v) is 61.8. The molecule has 0 unspecified atom stereocenters. The van der Waals surface area contributed by atoms with Crippen LogP contribution in [0.5, 0.6) is 0 Å². The first kappa shape index (κ1) is 86.9. The molecule has 1 amide bonds. The van der Waals surface area contributed by atoms with Crippen molar-refractivity contribution in [2.24, 2.45) is 21.5 Å². The summed E-state index contributed by atoms with van der Waals surface area (Å²) < 4.78 is 39.3. The van der Waals surface area contributed by atoms with E-state index in [1.807, 2.05) is 92.6 Å². The topological polar surface area (TPSA) is 239 Å². The molecule has 0 saturated carbocycles. The van der Waals surface area contributed by atoms with Gasteiger partial charge in [0.25, 0.3) is 5.91 Å². The lowest BCUT2D eigenvalue weighted by Gasteiger charge is -2.31. The number of allylic oxidation sites excluding steroid dienone is 1. The average Bonchev–Trinajstić information content (AvgIpc) is 1.78. The molecule has 4 fully saturated rings. The fourth-order valence-electron chi connectivity index (χ4n) is 10.7. The Morgan fingerprint density at radius 2 is 1.18 bits per heavy atom. The van der Waals surface area contributed by atoms with Crippen LogP contribution in [0.1, 0.15) is 226 Å². The summed E-state index contributed by atoms with van der Waals surface area (Å²) in [7, 11) is -2.30. The number of aldehydes is 1. The van der Waals surface area contributed by atoms with Crippen LogP contribution in [0.25, 0.3) is 0 Å². The number of hydrogen-bond donors (Lipinski definition) is 3. The number of hydrogen-bond acceptors (Lipinski definition) is 15. The van der Waals surface area contributed by atoms with Crippen LogP contribution < -0.4 is 5.14 Å². The zero-order chi connectivity index (χ0) is 68.3. The number of aliphatic hydroxyl groups excluding tert-OH is 2. The first-order valence-electron chi connectivity index (χ1n) is 33.8. The molecule has 0 aromatic carbocycles. The molecule has 7 rings (SSSR count). The van der Waals surface area contributed by atoms with Crippen LogP contribution in [0.15, 0.2) is 52.1 Å². The largest absolute Gasteiger partial charge is 0.463 e. The molecular weight excluding hydrogens is 1250 g/mol. The number of unbranched alkanes of at least 4 members (excludes halogenated alkanes) is 8. The number of esters is 3. The van der Waals surface area contributed by atoms with E-state index in [1.165, 1.54) is 89.1 Å². The first-order chi connectivity index (χ1) is 42.6. The normalized spacial score (nSPS) is 21.7. The quantitative estimate of drug-likeness (QED) is 0.0133. The molecule has 7 aliphatic rings. The van der Waals surface area contributed by atoms with Crippen LogP contribution in [0.4, 0.5) is 0 Å². The molecule has 7 aliphatic heterocycles. The van der Waals surface area contributed by atoms with Crippen molar-refractivity contribution >= 4 is 74.2 Å². The van der Waals surface area contributed by atoms with E-state index in [9.17, 15) is 32.4 Å². The SMILES string of the molecule is CC(C)(C)[S@](N)=O.CCCCC=NC(=O)C(C)(C)C.CCCCC=O.CCCCCCC[C@H]1C(C(=O)OCC)=CCN1[S@](=O)C(C)(C)C.CCOC(=O)/C=C/CBr.CCOC(=O)C1=CCN2CCC[C@@H]12.OCC1=CCN2CCC[C@@H]12.OC[C@H]1CCN2CCC[C@@H]12. The summed E-state index contributed by atoms with van der Waals surface area (Å²) in [6.07, 6.45) is 33.5. The number of amides is 1. The maximum atomic E-state index is 12.8. The van der Waals surface area contributed by atoms with Crippen molar-refractivity contribution in [2.75, 3.05) is 84.2 Å². The summed E-state index contributed by atoms with van der Waals surface area (Å²) in [5.74, 6) is -0.0746. The van der Waals surface area contributed by atoms with E-state index in [0.29, 0.717) is 61.9 Å². The lowest BCUT2D eigenvalue weighted by Crippen LogP contribution is -2.42. The van der Waals surface area contributed by atoms with E-state index in [2.05, 4.69) is 67.2 Å². The Morgan fingerprint density at radius 3 is 1.69 bits per heavy atom. The number of nitrogens with zero attached hydrogens (tertiary/aromatic N) is 5. The molecule has 7 atom stereocenters. The number of aliphatic imine (C=N–C) groups is 1. The van der Waals surface area contributed by atoms with Crippen molar-refractivity contribution in [3.8, 4) is 0 Å². The standard InChI is InChI=1S/C18H33NO3S.C10H15NO2.C10H19NO.C8H15NO.C8H13NO.C6H9BrO2.C5H10O.C4H11NOS/c1-6-8-9-10-11-12-16-15(17(20)22-7-2)13-14-19(16)23(21)18(3,4)5;1-2-13-10(12)8-5-7-11-6-3-4-9(8)11;1-5-6-7-8-11-9(12)10(2,3)4;2*10-6-7-3-5-9-4-1-2-8(7)9;1-2-9-6(8)4-3-5-7;1-2-3-4-5-6;1-4(2,3)7(5)6/h13,16H,6-12,14H2,1-5H3;5,9H,2-4,6-7H2,1H3;8H,5-7H2,1-4H3;7-8,10H,1-6H2;3,8,10H,1-2,4-6H2;3-4H,2,5H2,1H3;5H,2-4H2,1H3;5H2,1-3H3/b;;;;;4-3+;;/t16-,23+;9-;;7-,8+;8-;;;7-/m00.10..1/s1. The van der Waals surface area contributed by atoms with Crippen LogP contribution in [-0.4, -0.2) is 192 Å². The van der Waals surface area contributed by atoms with Gasteiger partial charge in [-0.2, -0.15) is 0 Å². The smallest absolute Gasteiger partial charge is 0.335 e. The van der Waals surface area contributed by atoms with Crippen molar-refractivity contribution in [3.63, 3.8) is 0 Å². The summed E-state index contributed by atoms with van der Waals surface area (Å²) in [6, 6.07) is 1.63. The van der Waals surface area contributed by atoms with Gasteiger partial charge in [-0.05, 0) is 171 Å². The third-order valence-corrected chi connectivity index (χ3v) is 19.3. The monoisotopic (exact) mass is 1370 g/mol. The zero-order valence-electron chi connectivity index (χ0n) is 58.5. The predicted molar refractivity (Wildman–Crippen MR) is 375 cm³/mol. The molecule has 522 valence electrons. The highest BCUT2D eigenvalue weighted by atomic mass is 79.9. The molecule has 0 radical (unpaired) electrons. The highest BCUT2D eigenvalue weighted by Crippen LogP contribution is 2.33. The molecule has 7 heterocycles. The van der Waals surface area contributed by atoms with Crippen molar-refractivity contribution in [1.82, 2.24) is 19.0 Å². The number of alkyl halides is 1. The molecule has 0 aromatic rings. The Kier molecular flexibility index (Phi) is 47.7. The lowest BCUT2D eigenvalue weighted by atomic mass is 9.96. The highest BCUT2D eigenvalue weighted by molar-refractivity contribution is 9.09. The van der Waals surface area contributed by atoms with E-state index >= 15 is 0 Å². The van der Waals surface area contributed by atoms with Gasteiger partial charge in [0.05, 0.1) is 64.1 Å². The van der Waals surface area contributed by atoms with Gasteiger partial charge in [-0.3, -0.25) is 19.7 Å². The summed E-state index contributed by atoms with van der Waals surface area (Å²) >= 11 is 3.13. The van der Waals surface area contributed by atoms with Crippen molar-refractivity contribution < 1.29 is 56.8 Å². The summed E-state index contributed by atoms with van der Waals surface area (Å²) in [4.78, 5) is 66.1. The van der Waals surface area contributed by atoms with E-state index in [0.717, 1.165) is 102 Å². The van der Waals surface area contributed by atoms with Gasteiger partial charge in [0.2, 0.25) is 0 Å². The summed E-state index contributed by atoms with van der Waals surface area (Å²) in [5, 5.41) is 23.6. The Labute approximate surface area is 559 Å². The van der Waals surface area contributed by atoms with Crippen molar-refractivity contribution in [2.45, 2.75) is 260 Å². The molecule has 0 aliphatic carbocycles. The molecule has 18 nitrogen and oxygen atoms in total. The fourth-order valence-corrected chi connectivity index (χ4v) is 12.2. The number of aliphatic hydroxyl groups is 2. The number of nitrogens with two attached hydrogens (primary N) is 1. The van der Waals surface area contributed by atoms with Gasteiger partial charge in [-0.25, -0.2) is 32.1 Å². The fraction of sp³-hybridized carbons (Fsp3) is 0.797. The molecule has 0 spiro atoms. The average molecular weight is 1370 g/mol. The lowest BCUT2D eigenvalue weighted by molar-refractivity contribution is -0.139. The Bertz CT molecular complexity index is 2240. The van der Waals surface area contributed by atoms with Gasteiger partial charge in [-0.1, -0.05) is 127 Å². The van der Waals surface area contributed by atoms with Crippen molar-refractivity contribution in [1.29, 1.82) is 0 Å². The summed E-state index contributed by atoms with van der Waals surface area (Å²) in [5.41, 5.74) is 2.50. The van der Waals surface area contributed by atoms with Gasteiger partial charge in [0.15, 0.2) is 0 Å². The number of rotatable bonds is 22. The number of fused-ring (bicyclic) bond motifs is 3. The van der Waals surface area contributed by atoms with Crippen LogP contribution in [-0.2, 0) is 60.2 Å². The molecule has 90 heavy (non-hydrogen) atoms. The van der Waals surface area contributed by atoms with Gasteiger partial charge >= 0.3 is 17.9 Å². The highest BCUT2D eigenvalue weighted by Gasteiger charge is 2.40. The Morgan fingerprint density at radius 1 is 0.656 bits per heavy atom. The molecule has 4 saturated heterocycles. The number of carbonyl (C=O) groups is 5. The minimum absolute atomic E-state index is 0.0291. The maximum absolute atomic E-state index is 12.8. The predicted octanol–water partition coefficient (Wildman–Crippen LogP) is 11.9. The van der Waals surface area contributed by atoms with Gasteiger partial charge in [0.1, 0.15) is 17.3 Å². The van der Waals surface area contributed by atoms with E-state index in [4.69, 9.17) is 24.8 Å². The van der Waals surface area contributed by atoms with E-state index in [-0.39, 0.29) is 51.4 Å². The second-order valence-corrected chi connectivity index (χ2v) is 30.9. The maximum Gasteiger partial charge on any atom is 0.335 e. The van der Waals surface area contributed by atoms with Crippen LogP contribution >= 0.6 is 15.9 Å². The third-order valence-electron chi connectivity index (χ3n) is 15.8. The van der Waals surface area contributed by atoms with Gasteiger partial charge in [-0.15, -0.1) is 0 Å². The third kappa shape index (κ3) is 35.4. The van der Waals surface area contributed by atoms with E-state index in [1.54, 1.807) is 19.2 Å². The molecular formula is C69H125BrN6O12S2. The number of carbonyl (C=O) groups excluding carboxylic acids is 5. The summed E-state index contributed by atoms with van der Waals surface area (Å²) in [6.45, 7) is 38.3. The molecule has 0 bridgehead atoms. The van der Waals surface area contributed by atoms with Gasteiger partial charge < -0.3 is 34.1 Å². The van der Waals surface area contributed by atoms with E-state index < -0.39 is 22.0 Å². The minimum atomic E-state index is -1.18. The first-order valence-corrected chi connectivity index (χ1v) is 37.2.